The Labute approximate surface area is 115 Å². The molecular weight excluding hydrogens is 236 g/mol. The number of aliphatic hydroxyl groups is 1. The zero-order chi connectivity index (χ0) is 14.0. The highest BCUT2D eigenvalue weighted by molar-refractivity contribution is 5.83. The van der Waals surface area contributed by atoms with Gasteiger partial charge in [0, 0.05) is 36.7 Å². The quantitative estimate of drug-likeness (QED) is 0.895. The van der Waals surface area contributed by atoms with E-state index in [1.54, 1.807) is 0 Å². The molecule has 1 heterocycles. The minimum absolute atomic E-state index is 0.207. The van der Waals surface area contributed by atoms with Crippen LogP contribution < -0.4 is 0 Å². The van der Waals surface area contributed by atoms with Crippen molar-refractivity contribution >= 4 is 10.9 Å². The second kappa shape index (κ2) is 5.76. The highest BCUT2D eigenvalue weighted by atomic mass is 16.3. The third-order valence-electron chi connectivity index (χ3n) is 3.92. The summed E-state index contributed by atoms with van der Waals surface area (Å²) in [6, 6.07) is 8.67. The van der Waals surface area contributed by atoms with Crippen molar-refractivity contribution in [1.82, 2.24) is 9.47 Å². The molecule has 0 saturated carbocycles. The minimum atomic E-state index is 0.207. The van der Waals surface area contributed by atoms with Gasteiger partial charge in [0.05, 0.1) is 6.61 Å². The van der Waals surface area contributed by atoms with Crippen molar-refractivity contribution in [3.63, 3.8) is 0 Å². The van der Waals surface area contributed by atoms with Crippen molar-refractivity contribution in [2.45, 2.75) is 26.4 Å². The Morgan fingerprint density at radius 1 is 1.26 bits per heavy atom. The van der Waals surface area contributed by atoms with E-state index in [1.807, 2.05) is 0 Å². The van der Waals surface area contributed by atoms with Gasteiger partial charge in [-0.05, 0) is 24.6 Å². The number of hydrogen-bond acceptors (Lipinski definition) is 2. The Hall–Kier alpha value is -1.32. The van der Waals surface area contributed by atoms with Gasteiger partial charge in [0.1, 0.15) is 0 Å². The molecule has 1 aromatic carbocycles. The molecule has 0 bridgehead atoms. The maximum absolute atomic E-state index is 9.52. The molecule has 3 nitrogen and oxygen atoms in total. The molecule has 1 N–H and O–H groups in total. The monoisotopic (exact) mass is 260 g/mol. The fourth-order valence-electron chi connectivity index (χ4n) is 2.80. The third-order valence-corrected chi connectivity index (χ3v) is 3.92. The number of aliphatic hydroxyl groups excluding tert-OH is 1. The van der Waals surface area contributed by atoms with Crippen LogP contribution in [0.4, 0.5) is 0 Å². The van der Waals surface area contributed by atoms with Crippen molar-refractivity contribution in [3.8, 4) is 0 Å². The lowest BCUT2D eigenvalue weighted by Gasteiger charge is -2.29. The van der Waals surface area contributed by atoms with Crippen molar-refractivity contribution < 1.29 is 5.11 Å². The molecule has 0 saturated heterocycles. The van der Waals surface area contributed by atoms with Gasteiger partial charge < -0.3 is 9.67 Å². The van der Waals surface area contributed by atoms with Crippen molar-refractivity contribution in [2.75, 3.05) is 13.7 Å². The largest absolute Gasteiger partial charge is 0.395 e. The van der Waals surface area contributed by atoms with Gasteiger partial charge in [0.15, 0.2) is 0 Å². The first-order chi connectivity index (χ1) is 9.04. The number of aryl methyl sites for hydroxylation is 1. The molecule has 0 amide bonds. The topological polar surface area (TPSA) is 28.4 Å². The minimum Gasteiger partial charge on any atom is -0.395 e. The smallest absolute Gasteiger partial charge is 0.0589 e. The lowest BCUT2D eigenvalue weighted by Crippen LogP contribution is -2.38. The lowest BCUT2D eigenvalue weighted by atomic mass is 10.0. The summed E-state index contributed by atoms with van der Waals surface area (Å²) in [6.07, 6.45) is 2.19. The lowest BCUT2D eigenvalue weighted by molar-refractivity contribution is 0.108. The number of aromatic nitrogens is 1. The summed E-state index contributed by atoms with van der Waals surface area (Å²) in [5, 5.41) is 10.8. The Morgan fingerprint density at radius 2 is 1.95 bits per heavy atom. The zero-order valence-corrected chi connectivity index (χ0v) is 12.3. The van der Waals surface area contributed by atoms with E-state index >= 15 is 0 Å². The van der Waals surface area contributed by atoms with E-state index in [-0.39, 0.29) is 12.6 Å². The first-order valence-electron chi connectivity index (χ1n) is 6.88. The van der Waals surface area contributed by atoms with Gasteiger partial charge in [-0.25, -0.2) is 0 Å². The Bertz CT molecular complexity index is 545. The molecule has 3 heteroatoms. The van der Waals surface area contributed by atoms with Crippen LogP contribution in [-0.2, 0) is 13.6 Å². The summed E-state index contributed by atoms with van der Waals surface area (Å²) in [5.74, 6) is 0.449. The van der Waals surface area contributed by atoms with Gasteiger partial charge in [-0.1, -0.05) is 32.0 Å². The second-order valence-corrected chi connectivity index (χ2v) is 5.69. The molecular formula is C16H24N2O. The van der Waals surface area contributed by atoms with Crippen molar-refractivity contribution in [1.29, 1.82) is 0 Å². The first-order valence-corrected chi connectivity index (χ1v) is 6.88. The van der Waals surface area contributed by atoms with Crippen molar-refractivity contribution in [3.05, 3.63) is 36.0 Å². The number of nitrogens with zero attached hydrogens (tertiary/aromatic N) is 2. The summed E-state index contributed by atoms with van der Waals surface area (Å²) < 4.78 is 2.17. The predicted octanol–water partition coefficient (Wildman–Crippen LogP) is 2.63. The van der Waals surface area contributed by atoms with Gasteiger partial charge in [-0.2, -0.15) is 0 Å². The molecule has 1 aromatic heterocycles. The molecule has 0 radical (unpaired) electrons. The first kappa shape index (κ1) is 14.1. The van der Waals surface area contributed by atoms with E-state index in [0.717, 1.165) is 6.54 Å². The van der Waals surface area contributed by atoms with Crippen LogP contribution in [-0.4, -0.2) is 34.3 Å². The normalized spacial score (nSPS) is 13.6. The Balaban J connectivity index is 2.26. The highest BCUT2D eigenvalue weighted by Gasteiger charge is 2.19. The molecule has 0 spiro atoms. The summed E-state index contributed by atoms with van der Waals surface area (Å²) in [4.78, 5) is 2.24. The second-order valence-electron chi connectivity index (χ2n) is 5.69. The van der Waals surface area contributed by atoms with Gasteiger partial charge in [-0.15, -0.1) is 0 Å². The van der Waals surface area contributed by atoms with E-state index in [1.165, 1.54) is 16.5 Å². The molecule has 0 aliphatic rings. The average Bonchev–Trinajstić information content (AvgIpc) is 2.67. The van der Waals surface area contributed by atoms with Crippen LogP contribution >= 0.6 is 0 Å². The molecule has 104 valence electrons. The Morgan fingerprint density at radius 3 is 2.58 bits per heavy atom. The van der Waals surface area contributed by atoms with Crippen LogP contribution in [0.5, 0.6) is 0 Å². The molecule has 0 aliphatic heterocycles. The Kier molecular flexibility index (Phi) is 4.27. The summed E-state index contributed by atoms with van der Waals surface area (Å²) in [7, 11) is 4.17. The van der Waals surface area contributed by atoms with Gasteiger partial charge >= 0.3 is 0 Å². The summed E-state index contributed by atoms with van der Waals surface area (Å²) in [5.41, 5.74) is 2.58. The van der Waals surface area contributed by atoms with Crippen LogP contribution in [0.25, 0.3) is 10.9 Å². The van der Waals surface area contributed by atoms with Crippen molar-refractivity contribution in [2.24, 2.45) is 13.0 Å². The standard InChI is InChI=1S/C16H24N2O/c1-12(2)16(11-19)18(4)10-13-9-17(3)15-8-6-5-7-14(13)15/h5-9,12,16,19H,10-11H2,1-4H3. The van der Waals surface area contributed by atoms with Crippen LogP contribution in [0.1, 0.15) is 19.4 Å². The van der Waals surface area contributed by atoms with E-state index in [4.69, 9.17) is 0 Å². The molecule has 2 rings (SSSR count). The van der Waals surface area contributed by atoms with E-state index < -0.39 is 0 Å². The number of fused-ring (bicyclic) bond motifs is 1. The number of rotatable bonds is 5. The number of hydrogen-bond donors (Lipinski definition) is 1. The van der Waals surface area contributed by atoms with E-state index in [0.29, 0.717) is 5.92 Å². The van der Waals surface area contributed by atoms with Gasteiger partial charge in [0.25, 0.3) is 0 Å². The summed E-state index contributed by atoms with van der Waals surface area (Å²) >= 11 is 0. The number of benzene rings is 1. The SMILES string of the molecule is CC(C)C(CO)N(C)Cc1cn(C)c2ccccc12. The molecule has 0 aliphatic carbocycles. The van der Waals surface area contributed by atoms with Gasteiger partial charge in [0.2, 0.25) is 0 Å². The molecule has 2 aromatic rings. The maximum Gasteiger partial charge on any atom is 0.0589 e. The molecule has 19 heavy (non-hydrogen) atoms. The van der Waals surface area contributed by atoms with E-state index in [9.17, 15) is 5.11 Å². The molecule has 0 fully saturated rings. The zero-order valence-electron chi connectivity index (χ0n) is 12.3. The summed E-state index contributed by atoms with van der Waals surface area (Å²) in [6.45, 7) is 5.38. The fraction of sp³-hybridized carbons (Fsp3) is 0.500. The molecule has 1 atom stereocenters. The van der Waals surface area contributed by atoms with E-state index in [2.05, 4.69) is 67.9 Å². The van der Waals surface area contributed by atoms with Crippen LogP contribution in [0.2, 0.25) is 0 Å². The third kappa shape index (κ3) is 2.82. The van der Waals surface area contributed by atoms with Crippen LogP contribution in [0.3, 0.4) is 0 Å². The van der Waals surface area contributed by atoms with Crippen LogP contribution in [0, 0.1) is 5.92 Å². The van der Waals surface area contributed by atoms with Gasteiger partial charge in [-0.3, -0.25) is 4.90 Å². The number of likely N-dealkylation sites (N-methyl/N-ethyl adjacent to an activating group) is 1. The van der Waals surface area contributed by atoms with Crippen LogP contribution in [0.15, 0.2) is 30.5 Å². The number of para-hydroxylation sites is 1. The maximum atomic E-state index is 9.52. The predicted molar refractivity (Wildman–Crippen MR) is 80.1 cm³/mol. The molecule has 1 unspecified atom stereocenters. The average molecular weight is 260 g/mol. The fourth-order valence-corrected chi connectivity index (χ4v) is 2.80. The highest BCUT2D eigenvalue weighted by Crippen LogP contribution is 2.22.